The lowest BCUT2D eigenvalue weighted by Crippen LogP contribution is -2.21. The van der Waals surface area contributed by atoms with Crippen LogP contribution in [-0.4, -0.2) is 19.9 Å². The number of rotatable bonds is 2. The Balaban J connectivity index is 3.08. The second-order valence-electron chi connectivity index (χ2n) is 3.39. The predicted molar refractivity (Wildman–Crippen MR) is 45.6 cm³/mol. The van der Waals surface area contributed by atoms with E-state index >= 15 is 0 Å². The van der Waals surface area contributed by atoms with Gasteiger partial charge in [0.05, 0.1) is 0 Å². The van der Waals surface area contributed by atoms with Gasteiger partial charge in [-0.2, -0.15) is 5.10 Å². The average Bonchev–Trinajstić information content (AvgIpc) is 2.29. The minimum Gasteiger partial charge on any atom is -0.382 e. The molecule has 4 heteroatoms. The molecule has 0 unspecified atom stereocenters. The molecule has 68 valence electrons. The third kappa shape index (κ3) is 1.64. The van der Waals surface area contributed by atoms with Crippen molar-refractivity contribution in [2.24, 2.45) is 7.05 Å². The molecular formula is C8H15N3O. The minimum absolute atomic E-state index is 0.611. The summed E-state index contributed by atoms with van der Waals surface area (Å²) in [5, 5.41) is 13.8. The van der Waals surface area contributed by atoms with Crippen molar-refractivity contribution >= 4 is 0 Å². The molecule has 1 rings (SSSR count). The van der Waals surface area contributed by atoms with Crippen LogP contribution in [-0.2, 0) is 19.1 Å². The number of aryl methyl sites for hydroxylation is 2. The summed E-state index contributed by atoms with van der Waals surface area (Å²) in [7, 11) is 1.79. The van der Waals surface area contributed by atoms with Crippen LogP contribution < -0.4 is 0 Å². The van der Waals surface area contributed by atoms with Gasteiger partial charge in [0.2, 0.25) is 0 Å². The fraction of sp³-hybridized carbons (Fsp3) is 0.750. The second-order valence-corrected chi connectivity index (χ2v) is 3.39. The maximum absolute atomic E-state index is 9.66. The van der Waals surface area contributed by atoms with Gasteiger partial charge in [-0.1, -0.05) is 6.92 Å². The molecule has 0 aliphatic rings. The summed E-state index contributed by atoms with van der Waals surface area (Å²) in [4.78, 5) is 4.20. The Morgan fingerprint density at radius 2 is 2.08 bits per heavy atom. The minimum atomic E-state index is -0.908. The number of nitrogens with zero attached hydrogens (tertiary/aromatic N) is 3. The van der Waals surface area contributed by atoms with Gasteiger partial charge in [-0.05, 0) is 13.8 Å². The van der Waals surface area contributed by atoms with Crippen molar-refractivity contribution in [1.29, 1.82) is 0 Å². The molecule has 1 aromatic rings. The van der Waals surface area contributed by atoms with Gasteiger partial charge in [0, 0.05) is 13.5 Å². The van der Waals surface area contributed by atoms with E-state index in [-0.39, 0.29) is 0 Å². The molecule has 0 radical (unpaired) electrons. The molecule has 0 saturated carbocycles. The second kappa shape index (κ2) is 2.86. The molecule has 1 aromatic heterocycles. The van der Waals surface area contributed by atoms with Crippen molar-refractivity contribution in [2.75, 3.05) is 0 Å². The van der Waals surface area contributed by atoms with Crippen LogP contribution in [0.25, 0.3) is 0 Å². The standard InChI is InChI=1S/C8H15N3O/c1-5-6-9-7(8(2,3)12)11(4)10-6/h12H,5H2,1-4H3. The van der Waals surface area contributed by atoms with Crippen molar-refractivity contribution in [3.8, 4) is 0 Å². The van der Waals surface area contributed by atoms with E-state index in [2.05, 4.69) is 10.1 Å². The van der Waals surface area contributed by atoms with Gasteiger partial charge >= 0.3 is 0 Å². The van der Waals surface area contributed by atoms with E-state index in [0.717, 1.165) is 12.2 Å². The molecule has 0 aliphatic heterocycles. The summed E-state index contributed by atoms with van der Waals surface area (Å²) >= 11 is 0. The molecule has 0 fully saturated rings. The highest BCUT2D eigenvalue weighted by Gasteiger charge is 2.22. The Labute approximate surface area is 72.2 Å². The van der Waals surface area contributed by atoms with Crippen molar-refractivity contribution in [3.05, 3.63) is 11.6 Å². The van der Waals surface area contributed by atoms with E-state index in [0.29, 0.717) is 5.82 Å². The van der Waals surface area contributed by atoms with Crippen LogP contribution in [0, 0.1) is 0 Å². The molecule has 12 heavy (non-hydrogen) atoms. The molecule has 0 atom stereocenters. The van der Waals surface area contributed by atoms with Crippen molar-refractivity contribution in [2.45, 2.75) is 32.8 Å². The molecule has 1 N–H and O–H groups in total. The lowest BCUT2D eigenvalue weighted by atomic mass is 10.1. The Kier molecular flexibility index (Phi) is 2.19. The lowest BCUT2D eigenvalue weighted by Gasteiger charge is -2.14. The zero-order chi connectivity index (χ0) is 9.35. The lowest BCUT2D eigenvalue weighted by molar-refractivity contribution is 0.0647. The van der Waals surface area contributed by atoms with Crippen molar-refractivity contribution in [1.82, 2.24) is 14.8 Å². The topological polar surface area (TPSA) is 50.9 Å². The van der Waals surface area contributed by atoms with E-state index in [9.17, 15) is 5.11 Å². The smallest absolute Gasteiger partial charge is 0.158 e. The van der Waals surface area contributed by atoms with Gasteiger partial charge in [0.25, 0.3) is 0 Å². The van der Waals surface area contributed by atoms with Crippen LogP contribution in [0.4, 0.5) is 0 Å². The first-order chi connectivity index (χ1) is 5.45. The van der Waals surface area contributed by atoms with Gasteiger partial charge in [0.1, 0.15) is 5.60 Å². The SMILES string of the molecule is CCc1nc(C(C)(C)O)n(C)n1. The quantitative estimate of drug-likeness (QED) is 0.705. The molecule has 0 bridgehead atoms. The average molecular weight is 169 g/mol. The van der Waals surface area contributed by atoms with Crippen molar-refractivity contribution < 1.29 is 5.11 Å². The monoisotopic (exact) mass is 169 g/mol. The zero-order valence-corrected chi connectivity index (χ0v) is 8.00. The van der Waals surface area contributed by atoms with E-state index in [4.69, 9.17) is 0 Å². The van der Waals surface area contributed by atoms with Crippen molar-refractivity contribution in [3.63, 3.8) is 0 Å². The number of aliphatic hydroxyl groups is 1. The van der Waals surface area contributed by atoms with Crippen LogP contribution in [0.15, 0.2) is 0 Å². The zero-order valence-electron chi connectivity index (χ0n) is 8.00. The first-order valence-corrected chi connectivity index (χ1v) is 4.08. The number of aromatic nitrogens is 3. The third-order valence-electron chi connectivity index (χ3n) is 1.67. The molecule has 0 aliphatic carbocycles. The van der Waals surface area contributed by atoms with E-state index in [1.54, 1.807) is 25.6 Å². The van der Waals surface area contributed by atoms with Gasteiger partial charge in [-0.15, -0.1) is 0 Å². The summed E-state index contributed by atoms with van der Waals surface area (Å²) in [5.74, 6) is 1.38. The summed E-state index contributed by atoms with van der Waals surface area (Å²) in [5.41, 5.74) is -0.908. The number of hydrogen-bond donors (Lipinski definition) is 1. The Hall–Kier alpha value is -0.900. The van der Waals surface area contributed by atoms with Crippen LogP contribution in [0.2, 0.25) is 0 Å². The summed E-state index contributed by atoms with van der Waals surface area (Å²) in [6.07, 6.45) is 0.796. The molecule has 0 amide bonds. The van der Waals surface area contributed by atoms with E-state index < -0.39 is 5.60 Å². The highest BCUT2D eigenvalue weighted by molar-refractivity contribution is 5.00. The molecule has 4 nitrogen and oxygen atoms in total. The third-order valence-corrected chi connectivity index (χ3v) is 1.67. The van der Waals surface area contributed by atoms with Crippen LogP contribution in [0.3, 0.4) is 0 Å². The van der Waals surface area contributed by atoms with Gasteiger partial charge < -0.3 is 5.11 Å². The normalized spacial score (nSPS) is 12.1. The highest BCUT2D eigenvalue weighted by Crippen LogP contribution is 2.16. The fourth-order valence-corrected chi connectivity index (χ4v) is 1.12. The summed E-state index contributed by atoms with van der Waals surface area (Å²) in [6.45, 7) is 5.40. The first-order valence-electron chi connectivity index (χ1n) is 4.08. The van der Waals surface area contributed by atoms with E-state index in [1.165, 1.54) is 0 Å². The number of hydrogen-bond acceptors (Lipinski definition) is 3. The van der Waals surface area contributed by atoms with Crippen LogP contribution in [0.1, 0.15) is 32.4 Å². The summed E-state index contributed by atoms with van der Waals surface area (Å²) in [6, 6.07) is 0. The fourth-order valence-electron chi connectivity index (χ4n) is 1.12. The molecular weight excluding hydrogens is 154 g/mol. The van der Waals surface area contributed by atoms with Gasteiger partial charge in [-0.3, -0.25) is 4.68 Å². The molecule has 0 saturated heterocycles. The first kappa shape index (κ1) is 9.19. The Morgan fingerprint density at radius 3 is 2.33 bits per heavy atom. The highest BCUT2D eigenvalue weighted by atomic mass is 16.3. The Morgan fingerprint density at radius 1 is 1.50 bits per heavy atom. The predicted octanol–water partition coefficient (Wildman–Crippen LogP) is 0.605. The van der Waals surface area contributed by atoms with Gasteiger partial charge in [-0.25, -0.2) is 4.98 Å². The molecule has 1 heterocycles. The Bertz CT molecular complexity index is 272. The van der Waals surface area contributed by atoms with Crippen LogP contribution >= 0.6 is 0 Å². The van der Waals surface area contributed by atoms with E-state index in [1.807, 2.05) is 6.92 Å². The van der Waals surface area contributed by atoms with Crippen LogP contribution in [0.5, 0.6) is 0 Å². The molecule has 0 spiro atoms. The maximum Gasteiger partial charge on any atom is 0.158 e. The largest absolute Gasteiger partial charge is 0.382 e. The maximum atomic E-state index is 9.66. The molecule has 0 aromatic carbocycles. The van der Waals surface area contributed by atoms with Gasteiger partial charge in [0.15, 0.2) is 11.6 Å². The summed E-state index contributed by atoms with van der Waals surface area (Å²) < 4.78 is 1.62.